The van der Waals surface area contributed by atoms with Crippen LogP contribution in [-0.2, 0) is 0 Å². The molecule has 0 radical (unpaired) electrons. The second-order valence-corrected chi connectivity index (χ2v) is 8.23. The Balaban J connectivity index is 1.30. The molecule has 5 rings (SSSR count). The minimum Gasteiger partial charge on any atom is -0.493 e. The lowest BCUT2D eigenvalue weighted by Crippen LogP contribution is -2.30. The van der Waals surface area contributed by atoms with Crippen molar-refractivity contribution in [2.24, 2.45) is 4.99 Å². The van der Waals surface area contributed by atoms with Gasteiger partial charge in [0.05, 0.1) is 37.7 Å². The molecule has 2 aromatic rings. The molecule has 0 aliphatic carbocycles. The Bertz CT molecular complexity index is 977. The Labute approximate surface area is 181 Å². The van der Waals surface area contributed by atoms with E-state index in [0.29, 0.717) is 19.8 Å². The van der Waals surface area contributed by atoms with Crippen molar-refractivity contribution in [2.45, 2.75) is 6.42 Å². The fraction of sp³-hybridized carbons (Fsp3) is 0.348. The summed E-state index contributed by atoms with van der Waals surface area (Å²) in [7, 11) is 2.10. The van der Waals surface area contributed by atoms with Crippen LogP contribution in [0.5, 0.6) is 17.2 Å². The van der Waals surface area contributed by atoms with Gasteiger partial charge in [-0.1, -0.05) is 30.0 Å². The molecular weight excluding hydrogens is 398 g/mol. The van der Waals surface area contributed by atoms with Crippen LogP contribution in [0.1, 0.15) is 12.0 Å². The number of fused-ring (bicyclic) bond motifs is 2. The summed E-state index contributed by atoms with van der Waals surface area (Å²) in [6, 6.07) is 14.1. The molecule has 0 unspecified atom stereocenters. The zero-order valence-electron chi connectivity index (χ0n) is 17.0. The van der Waals surface area contributed by atoms with E-state index in [1.165, 1.54) is 0 Å². The zero-order valence-corrected chi connectivity index (χ0v) is 17.9. The van der Waals surface area contributed by atoms with Crippen molar-refractivity contribution in [3.8, 4) is 17.2 Å². The first kappa shape index (κ1) is 19.2. The lowest BCUT2D eigenvalue weighted by Gasteiger charge is -2.31. The van der Waals surface area contributed by atoms with Crippen LogP contribution >= 0.6 is 11.8 Å². The highest BCUT2D eigenvalue weighted by molar-refractivity contribution is 8.16. The van der Waals surface area contributed by atoms with E-state index in [2.05, 4.69) is 39.4 Å². The van der Waals surface area contributed by atoms with Gasteiger partial charge in [-0.15, -0.1) is 0 Å². The number of ether oxygens (including phenoxy) is 3. The first-order valence-corrected chi connectivity index (χ1v) is 11.2. The molecule has 7 heteroatoms. The van der Waals surface area contributed by atoms with Crippen LogP contribution in [-0.4, -0.2) is 56.6 Å². The number of anilines is 1. The maximum absolute atomic E-state index is 6.12. The van der Waals surface area contributed by atoms with Crippen molar-refractivity contribution >= 4 is 28.3 Å². The Kier molecular flexibility index (Phi) is 5.45. The molecule has 3 aliphatic rings. The smallest absolute Gasteiger partial charge is 0.168 e. The van der Waals surface area contributed by atoms with Gasteiger partial charge in [-0.2, -0.15) is 0 Å². The van der Waals surface area contributed by atoms with Gasteiger partial charge in [0.25, 0.3) is 0 Å². The maximum Gasteiger partial charge on any atom is 0.168 e. The Hall–Kier alpha value is -2.80. The highest BCUT2D eigenvalue weighted by atomic mass is 32.2. The van der Waals surface area contributed by atoms with Gasteiger partial charge in [-0.25, -0.2) is 0 Å². The van der Waals surface area contributed by atoms with Gasteiger partial charge in [-0.3, -0.25) is 4.99 Å². The molecule has 6 nitrogen and oxygen atoms in total. The molecule has 0 fully saturated rings. The average molecular weight is 424 g/mol. The molecule has 0 aromatic heterocycles. The van der Waals surface area contributed by atoms with Crippen molar-refractivity contribution in [3.63, 3.8) is 0 Å². The number of hydrogen-bond donors (Lipinski definition) is 0. The second kappa shape index (κ2) is 8.52. The van der Waals surface area contributed by atoms with Crippen molar-refractivity contribution in [3.05, 3.63) is 53.4 Å². The van der Waals surface area contributed by atoms with Gasteiger partial charge in [0.15, 0.2) is 10.9 Å². The second-order valence-electron chi connectivity index (χ2n) is 7.39. The summed E-state index contributed by atoms with van der Waals surface area (Å²) < 4.78 is 18.0. The van der Waals surface area contributed by atoms with E-state index in [1.807, 2.05) is 30.3 Å². The van der Waals surface area contributed by atoms with E-state index in [-0.39, 0.29) is 0 Å². The number of hydrogen-bond acceptors (Lipinski definition) is 7. The lowest BCUT2D eigenvalue weighted by molar-refractivity contribution is 0.246. The largest absolute Gasteiger partial charge is 0.493 e. The van der Waals surface area contributed by atoms with Gasteiger partial charge in [0, 0.05) is 37.1 Å². The van der Waals surface area contributed by atoms with Crippen LogP contribution in [0.2, 0.25) is 0 Å². The molecule has 3 heterocycles. The number of nitrogens with zero attached hydrogens (tertiary/aromatic N) is 3. The van der Waals surface area contributed by atoms with Crippen molar-refractivity contribution < 1.29 is 14.2 Å². The van der Waals surface area contributed by atoms with E-state index < -0.39 is 0 Å². The third-order valence-corrected chi connectivity index (χ3v) is 6.24. The number of thioether (sulfide) groups is 1. The molecule has 0 amide bonds. The quantitative estimate of drug-likeness (QED) is 0.626. The molecule has 0 atom stereocenters. The minimum absolute atomic E-state index is 0.597. The summed E-state index contributed by atoms with van der Waals surface area (Å²) in [5.41, 5.74) is 3.31. The first-order chi connectivity index (χ1) is 14.8. The Morgan fingerprint density at radius 1 is 1.07 bits per heavy atom. The summed E-state index contributed by atoms with van der Waals surface area (Å²) in [6.07, 6.45) is 0.815. The summed E-state index contributed by atoms with van der Waals surface area (Å²) in [5.74, 6) is 2.68. The number of amidine groups is 1. The molecule has 0 N–H and O–H groups in total. The molecule has 3 aliphatic heterocycles. The summed E-state index contributed by atoms with van der Waals surface area (Å²) in [6.45, 7) is 4.54. The van der Waals surface area contributed by atoms with Crippen LogP contribution in [0.3, 0.4) is 0 Å². The number of likely N-dealkylation sites (N-methyl/N-ethyl adjacent to an activating group) is 1. The van der Waals surface area contributed by atoms with Gasteiger partial charge < -0.3 is 24.0 Å². The van der Waals surface area contributed by atoms with Crippen LogP contribution in [0.25, 0.3) is 5.70 Å². The fourth-order valence-electron chi connectivity index (χ4n) is 3.79. The molecular formula is C23H25N3O3S. The van der Waals surface area contributed by atoms with E-state index in [0.717, 1.165) is 65.4 Å². The number of benzene rings is 2. The summed E-state index contributed by atoms with van der Waals surface area (Å²) in [4.78, 5) is 9.08. The van der Waals surface area contributed by atoms with Crippen molar-refractivity contribution in [2.75, 3.05) is 51.4 Å². The van der Waals surface area contributed by atoms with E-state index in [4.69, 9.17) is 14.2 Å². The molecule has 0 saturated heterocycles. The third-order valence-electron chi connectivity index (χ3n) is 5.34. The zero-order chi connectivity index (χ0) is 20.3. The average Bonchev–Trinajstić information content (AvgIpc) is 3.38. The Morgan fingerprint density at radius 3 is 2.77 bits per heavy atom. The molecule has 0 spiro atoms. The monoisotopic (exact) mass is 423 g/mol. The Morgan fingerprint density at radius 2 is 1.90 bits per heavy atom. The fourth-order valence-corrected chi connectivity index (χ4v) is 4.74. The number of aliphatic imine (C=N–C) groups is 1. The standard InChI is InChI=1S/C23H25N3O3S/c1-25-10-13-29-22-19(21-16-30-23-24-8-9-26(21)23)14-18(15-20(22)25)28-12-5-11-27-17-6-3-2-4-7-17/h2-4,6-7,14-16H,5,8-13H2,1H3. The van der Waals surface area contributed by atoms with E-state index >= 15 is 0 Å². The van der Waals surface area contributed by atoms with Gasteiger partial charge in [0.2, 0.25) is 0 Å². The number of para-hydroxylation sites is 1. The predicted octanol–water partition coefficient (Wildman–Crippen LogP) is 4.08. The van der Waals surface area contributed by atoms with Crippen LogP contribution in [0.4, 0.5) is 5.69 Å². The van der Waals surface area contributed by atoms with Gasteiger partial charge >= 0.3 is 0 Å². The van der Waals surface area contributed by atoms with Crippen LogP contribution < -0.4 is 19.1 Å². The topological polar surface area (TPSA) is 46.5 Å². The third kappa shape index (κ3) is 3.81. The predicted molar refractivity (Wildman–Crippen MR) is 122 cm³/mol. The van der Waals surface area contributed by atoms with E-state index in [9.17, 15) is 0 Å². The summed E-state index contributed by atoms with van der Waals surface area (Å²) >= 11 is 1.68. The van der Waals surface area contributed by atoms with Crippen LogP contribution in [0, 0.1) is 0 Å². The highest BCUT2D eigenvalue weighted by Crippen LogP contribution is 2.45. The molecule has 0 bridgehead atoms. The van der Waals surface area contributed by atoms with Crippen molar-refractivity contribution in [1.82, 2.24) is 4.90 Å². The van der Waals surface area contributed by atoms with E-state index in [1.54, 1.807) is 11.8 Å². The maximum atomic E-state index is 6.12. The SMILES string of the molecule is CN1CCOc2c(C3=CSC4=NCCN34)cc(OCCCOc3ccccc3)cc21. The molecule has 0 saturated carbocycles. The van der Waals surface area contributed by atoms with Gasteiger partial charge in [-0.05, 0) is 18.2 Å². The molecule has 2 aromatic carbocycles. The molecule has 156 valence electrons. The summed E-state index contributed by atoms with van der Waals surface area (Å²) in [5, 5.41) is 3.25. The minimum atomic E-state index is 0.597. The van der Waals surface area contributed by atoms with Crippen molar-refractivity contribution in [1.29, 1.82) is 0 Å². The molecule has 30 heavy (non-hydrogen) atoms. The highest BCUT2D eigenvalue weighted by Gasteiger charge is 2.31. The van der Waals surface area contributed by atoms with Gasteiger partial charge in [0.1, 0.15) is 18.1 Å². The first-order valence-electron chi connectivity index (χ1n) is 10.3. The number of rotatable bonds is 7. The normalized spacial score (nSPS) is 17.1. The lowest BCUT2D eigenvalue weighted by atomic mass is 10.1. The van der Waals surface area contributed by atoms with Crippen LogP contribution in [0.15, 0.2) is 52.9 Å².